The molecule has 2 saturated heterocycles. The molecule has 2 aromatic carbocycles. The molecule has 28 nitrogen and oxygen atoms in total. The van der Waals surface area contributed by atoms with Gasteiger partial charge in [-0.05, 0) is 120 Å². The zero-order chi connectivity index (χ0) is 68.9. The third kappa shape index (κ3) is 20.2. The van der Waals surface area contributed by atoms with Gasteiger partial charge in [-0.1, -0.05) is 49.9 Å². The van der Waals surface area contributed by atoms with E-state index in [1.807, 2.05) is 0 Å². The molecule has 10 atom stereocenters. The highest BCUT2D eigenvalue weighted by Gasteiger charge is 2.47. The number of hydrogen-bond acceptors (Lipinski definition) is 16. The van der Waals surface area contributed by atoms with E-state index in [1.165, 1.54) is 4.90 Å². The summed E-state index contributed by atoms with van der Waals surface area (Å²) in [4.78, 5) is 146. The number of carboxylic acids is 1. The molecule has 2 aliphatic carbocycles. The van der Waals surface area contributed by atoms with Gasteiger partial charge in [0.25, 0.3) is 0 Å². The highest BCUT2D eigenvalue weighted by molar-refractivity contribution is 5.98. The number of carbonyl (C=O) groups excluding carboxylic acids is 9. The molecule has 3 fully saturated rings. The minimum absolute atomic E-state index is 0.0245. The van der Waals surface area contributed by atoms with E-state index < -0.39 is 186 Å². The summed E-state index contributed by atoms with van der Waals surface area (Å²) in [6.45, 7) is -1.67. The number of hydrogen-bond donors (Lipinski definition) is 15. The van der Waals surface area contributed by atoms with Gasteiger partial charge in [-0.2, -0.15) is 0 Å². The van der Waals surface area contributed by atoms with E-state index in [0.29, 0.717) is 77.3 Å². The summed E-state index contributed by atoms with van der Waals surface area (Å²) in [6.07, 6.45) is 3.10. The smallest absolute Gasteiger partial charge is 0.326 e. The van der Waals surface area contributed by atoms with E-state index in [9.17, 15) is 76.4 Å². The van der Waals surface area contributed by atoms with Gasteiger partial charge in [0.2, 0.25) is 59.0 Å². The van der Waals surface area contributed by atoms with Crippen molar-refractivity contribution in [1.29, 1.82) is 0 Å². The summed E-state index contributed by atoms with van der Waals surface area (Å²) >= 11 is 0. The fraction of sp³-hybridized carbons (Fsp3) is 0.623. The molecular weight excluding hydrogens is 1250 g/mol. The second-order valence-electron chi connectivity index (χ2n) is 24.3. The third-order valence-electron chi connectivity index (χ3n) is 17.6. The number of aliphatic hydroxyl groups is 2. The summed E-state index contributed by atoms with van der Waals surface area (Å²) in [6, 6.07) is -6.55. The van der Waals surface area contributed by atoms with E-state index in [2.05, 4.69) is 42.2 Å². The van der Waals surface area contributed by atoms with Crippen LogP contribution < -0.4 is 65.9 Å². The normalized spacial score (nSPS) is 19.5. The molecule has 0 radical (unpaired) electrons. The standard InChI is InChI=1S/C61H88F5N15O13/c62-45-36(46(63)48(65)49(66)47(45)64)27-40(54(87)79-51(60(93)94)31-12-2-1-3-13-31)76-55(88)41(30-82)77-57(90)50(34-24-32-14-4-5-15-33(32)25-34)78-44(84)28-73-56(89)43-26-35(83)29-81(43)59(92)42-19-11-23-80(42)58(91)39(18-10-22-72-61(70)71)75-53(86)38(17-7-9-21-68)74-52(85)37(69)16-6-8-20-67/h4-5,14-15,31,34-35,37-43,50-51,82-83H,1-3,6-13,16-30,67-69H2,(H,73,89)(H,74,85)(H,75,86)(H,76,88)(H,77,90)(H,78,84)(H,79,87)(H,93,94)(H4,70,71,72)/t35-,37+,38+,39+,40-,41+,42+,43+,50+,51+/m1/s1. The lowest BCUT2D eigenvalue weighted by molar-refractivity contribution is -0.148. The molecule has 33 heteroatoms. The van der Waals surface area contributed by atoms with Gasteiger partial charge in [-0.3, -0.25) is 48.1 Å². The van der Waals surface area contributed by atoms with Gasteiger partial charge in [0, 0.05) is 38.0 Å². The average Bonchev–Trinajstić information content (AvgIpc) is 1.34. The van der Waals surface area contributed by atoms with Crippen LogP contribution >= 0.6 is 0 Å². The second-order valence-corrected chi connectivity index (χ2v) is 24.3. The minimum atomic E-state index is -2.52. The molecule has 94 heavy (non-hydrogen) atoms. The number of guanidine groups is 1. The Bertz CT molecular complexity index is 3020. The Hall–Kier alpha value is -8.14. The summed E-state index contributed by atoms with van der Waals surface area (Å²) < 4.78 is 73.4. The van der Waals surface area contributed by atoms with Crippen LogP contribution in [0, 0.1) is 40.9 Å². The predicted molar refractivity (Wildman–Crippen MR) is 328 cm³/mol. The molecule has 4 aliphatic rings. The number of aliphatic imine (C=N–C) groups is 1. The zero-order valence-corrected chi connectivity index (χ0v) is 52.2. The number of nitrogens with two attached hydrogens (primary N) is 5. The number of fused-ring (bicyclic) bond motifs is 1. The maximum atomic E-state index is 15.2. The average molecular weight is 1330 g/mol. The molecule has 0 spiro atoms. The van der Waals surface area contributed by atoms with Crippen molar-refractivity contribution < 1.29 is 85.2 Å². The fourth-order valence-electron chi connectivity index (χ4n) is 12.5. The Kier molecular flexibility index (Phi) is 28.6. The highest BCUT2D eigenvalue weighted by Crippen LogP contribution is 2.31. The van der Waals surface area contributed by atoms with E-state index in [4.69, 9.17) is 28.7 Å². The van der Waals surface area contributed by atoms with Crippen LogP contribution in [0.3, 0.4) is 0 Å². The lowest BCUT2D eigenvalue weighted by Crippen LogP contribution is -2.61. The Labute approximate surface area is 539 Å². The Morgan fingerprint density at radius 3 is 1.78 bits per heavy atom. The first kappa shape index (κ1) is 74.9. The number of likely N-dealkylation sites (tertiary alicyclic amines) is 2. The van der Waals surface area contributed by atoms with E-state index >= 15 is 8.78 Å². The topological polar surface area (TPSA) is 465 Å². The van der Waals surface area contributed by atoms with E-state index in [0.717, 1.165) is 22.4 Å². The fourth-order valence-corrected chi connectivity index (χ4v) is 12.5. The highest BCUT2D eigenvalue weighted by atomic mass is 19.2. The SMILES string of the molecule is NCCCC[C@H](NC(=O)[C@@H](N)CCCCN)C(=O)N[C@@H](CCCN=C(N)N)C(=O)N1CCC[C@H]1C(=O)N1C[C@H](O)C[C@H]1C(=O)NCC(=O)N[C@H](C(=O)N[C@@H](CO)C(=O)N[C@H](Cc1c(F)c(F)c(F)c(F)c1F)C(=O)N[C@H](C(=O)O)C1CCCCC1)C1Cc2ccccc2C1. The quantitative estimate of drug-likeness (QED) is 0.00868. The Morgan fingerprint density at radius 1 is 0.606 bits per heavy atom. The van der Waals surface area contributed by atoms with Crippen LogP contribution in [0.1, 0.15) is 119 Å². The number of rotatable bonds is 34. The first-order chi connectivity index (χ1) is 44.8. The summed E-state index contributed by atoms with van der Waals surface area (Å²) in [5, 5.41) is 48.5. The molecule has 0 unspecified atom stereocenters. The van der Waals surface area contributed by atoms with Crippen LogP contribution in [-0.4, -0.2) is 197 Å². The van der Waals surface area contributed by atoms with Crippen molar-refractivity contribution in [2.24, 2.45) is 45.5 Å². The van der Waals surface area contributed by atoms with Crippen molar-refractivity contribution in [3.63, 3.8) is 0 Å². The van der Waals surface area contributed by atoms with Crippen molar-refractivity contribution >= 4 is 65.1 Å². The van der Waals surface area contributed by atoms with Crippen LogP contribution in [0.15, 0.2) is 29.3 Å². The van der Waals surface area contributed by atoms with Gasteiger partial charge >= 0.3 is 5.97 Å². The molecule has 1 saturated carbocycles. The number of aliphatic carboxylic acids is 1. The number of nitrogens with zero attached hydrogens (tertiary/aromatic N) is 3. The number of carbonyl (C=O) groups is 10. The molecular formula is C61H88F5N15O13. The van der Waals surface area contributed by atoms with Crippen molar-refractivity contribution in [3.05, 3.63) is 70.0 Å². The molecule has 9 amide bonds. The maximum Gasteiger partial charge on any atom is 0.326 e. The molecule has 2 aliphatic heterocycles. The molecule has 6 rings (SSSR count). The number of β-amino-alcohol motifs (C(OH)–C–C–N with tert-alkyl or cyclic N) is 1. The van der Waals surface area contributed by atoms with Gasteiger partial charge in [-0.25, -0.2) is 26.7 Å². The Morgan fingerprint density at radius 2 is 1.17 bits per heavy atom. The van der Waals surface area contributed by atoms with Crippen LogP contribution in [0.2, 0.25) is 0 Å². The summed E-state index contributed by atoms with van der Waals surface area (Å²) in [5.74, 6) is -23.8. The molecule has 0 bridgehead atoms. The van der Waals surface area contributed by atoms with E-state index in [-0.39, 0.29) is 70.5 Å². The first-order valence-electron chi connectivity index (χ1n) is 31.8. The second kappa shape index (κ2) is 35.9. The van der Waals surface area contributed by atoms with Crippen molar-refractivity contribution in [3.8, 4) is 0 Å². The van der Waals surface area contributed by atoms with Gasteiger partial charge < -0.3 is 91.0 Å². The maximum absolute atomic E-state index is 15.2. The molecule has 520 valence electrons. The van der Waals surface area contributed by atoms with Crippen molar-refractivity contribution in [2.45, 2.75) is 182 Å². The Balaban J connectivity index is 1.16. The zero-order valence-electron chi connectivity index (χ0n) is 52.2. The lowest BCUT2D eigenvalue weighted by atomic mass is 9.83. The van der Waals surface area contributed by atoms with Gasteiger partial charge in [-0.15, -0.1) is 0 Å². The van der Waals surface area contributed by atoms with E-state index in [1.54, 1.807) is 24.3 Å². The molecule has 20 N–H and O–H groups in total. The summed E-state index contributed by atoms with van der Waals surface area (Å²) in [5.41, 5.74) is 28.5. The largest absolute Gasteiger partial charge is 0.480 e. The minimum Gasteiger partial charge on any atom is -0.480 e. The van der Waals surface area contributed by atoms with Gasteiger partial charge in [0.15, 0.2) is 29.2 Å². The molecule has 2 heterocycles. The van der Waals surface area contributed by atoms with Crippen LogP contribution in [0.25, 0.3) is 0 Å². The molecule has 2 aromatic rings. The number of aliphatic hydroxyl groups excluding tert-OH is 2. The number of halogens is 5. The van der Waals surface area contributed by atoms with Crippen LogP contribution in [-0.2, 0) is 67.2 Å². The van der Waals surface area contributed by atoms with Gasteiger partial charge in [0.05, 0.1) is 25.3 Å². The van der Waals surface area contributed by atoms with Crippen LogP contribution in [0.4, 0.5) is 22.0 Å². The third-order valence-corrected chi connectivity index (χ3v) is 17.6. The molecule has 0 aromatic heterocycles. The monoisotopic (exact) mass is 1330 g/mol. The number of nitrogens with one attached hydrogen (secondary N) is 7. The summed E-state index contributed by atoms with van der Waals surface area (Å²) in [7, 11) is 0. The number of amides is 9. The number of benzene rings is 2. The van der Waals surface area contributed by atoms with Crippen LogP contribution in [0.5, 0.6) is 0 Å². The lowest BCUT2D eigenvalue weighted by Gasteiger charge is -2.33. The predicted octanol–water partition coefficient (Wildman–Crippen LogP) is -2.39. The van der Waals surface area contributed by atoms with Crippen molar-refractivity contribution in [2.75, 3.05) is 45.9 Å². The number of carboxylic acid groups (broad SMARTS) is 1. The van der Waals surface area contributed by atoms with Gasteiger partial charge in [0.1, 0.15) is 48.3 Å². The first-order valence-corrected chi connectivity index (χ1v) is 31.8. The number of unbranched alkanes of at least 4 members (excludes halogenated alkanes) is 2. The van der Waals surface area contributed by atoms with Crippen molar-refractivity contribution in [1.82, 2.24) is 47.0 Å².